The molecule has 1 aromatic heterocycles. The van der Waals surface area contributed by atoms with E-state index in [0.29, 0.717) is 25.2 Å². The van der Waals surface area contributed by atoms with Crippen molar-refractivity contribution in [3.05, 3.63) is 42.0 Å². The first kappa shape index (κ1) is 15.9. The van der Waals surface area contributed by atoms with Gasteiger partial charge >= 0.3 is 0 Å². The van der Waals surface area contributed by atoms with Crippen LogP contribution < -0.4 is 10.2 Å². The molecule has 0 spiro atoms. The highest BCUT2D eigenvalue weighted by molar-refractivity contribution is 5.76. The number of nitriles is 1. The predicted octanol–water partition coefficient (Wildman–Crippen LogP) is 1.24. The van der Waals surface area contributed by atoms with Crippen molar-refractivity contribution in [3.8, 4) is 6.07 Å². The number of hydrogen-bond acceptors (Lipinski definition) is 5. The number of halogens is 1. The van der Waals surface area contributed by atoms with E-state index in [0.717, 1.165) is 0 Å². The maximum atomic E-state index is 13.9. The molecule has 24 heavy (non-hydrogen) atoms. The quantitative estimate of drug-likeness (QED) is 0.912. The lowest BCUT2D eigenvalue weighted by atomic mass is 10.1. The van der Waals surface area contributed by atoms with Gasteiger partial charge < -0.3 is 10.2 Å². The Labute approximate surface area is 138 Å². The van der Waals surface area contributed by atoms with Crippen LogP contribution in [0.3, 0.4) is 0 Å². The van der Waals surface area contributed by atoms with E-state index in [2.05, 4.69) is 15.6 Å². The third kappa shape index (κ3) is 2.93. The average Bonchev–Trinajstić information content (AvgIpc) is 3.23. The van der Waals surface area contributed by atoms with Crippen molar-refractivity contribution in [1.82, 2.24) is 20.3 Å². The highest BCUT2D eigenvalue weighted by atomic mass is 19.1. The molecule has 0 bridgehead atoms. The number of amides is 1. The van der Waals surface area contributed by atoms with E-state index < -0.39 is 5.82 Å². The van der Waals surface area contributed by atoms with E-state index in [1.807, 2.05) is 11.0 Å². The first-order valence-electron chi connectivity index (χ1n) is 7.72. The minimum Gasteiger partial charge on any atom is -0.366 e. The van der Waals surface area contributed by atoms with Gasteiger partial charge in [0.1, 0.15) is 17.4 Å². The lowest BCUT2D eigenvalue weighted by Gasteiger charge is -2.20. The molecule has 3 rings (SSSR count). The molecule has 8 heteroatoms. The Hall–Kier alpha value is -2.95. The fourth-order valence-corrected chi connectivity index (χ4v) is 2.98. The second-order valence-corrected chi connectivity index (χ2v) is 5.63. The predicted molar refractivity (Wildman–Crippen MR) is 84.6 cm³/mol. The molecule has 2 atom stereocenters. The fraction of sp³-hybridized carbons (Fsp3) is 0.375. The summed E-state index contributed by atoms with van der Waals surface area (Å²) in [4.78, 5) is 13.7. The summed E-state index contributed by atoms with van der Waals surface area (Å²) in [6.07, 6.45) is 3.68. The molecule has 1 aliphatic heterocycles. The molecule has 1 aliphatic rings. The summed E-state index contributed by atoms with van der Waals surface area (Å²) in [5.41, 5.74) is 0.535. The minimum absolute atomic E-state index is 0.0114. The van der Waals surface area contributed by atoms with E-state index in [4.69, 9.17) is 0 Å². The molecule has 1 amide bonds. The zero-order valence-electron chi connectivity index (χ0n) is 13.2. The second kappa shape index (κ2) is 6.66. The molecule has 0 aliphatic carbocycles. The zero-order valence-corrected chi connectivity index (χ0v) is 13.2. The Kier molecular flexibility index (Phi) is 4.42. The molecule has 0 radical (unpaired) electrons. The van der Waals surface area contributed by atoms with Crippen LogP contribution in [0, 0.1) is 17.1 Å². The van der Waals surface area contributed by atoms with Crippen LogP contribution in [0.15, 0.2) is 30.6 Å². The van der Waals surface area contributed by atoms with Gasteiger partial charge in [0.15, 0.2) is 0 Å². The molecule has 1 saturated heterocycles. The van der Waals surface area contributed by atoms with E-state index in [1.165, 1.54) is 6.07 Å². The van der Waals surface area contributed by atoms with Gasteiger partial charge in [0.25, 0.3) is 0 Å². The number of aromatic nitrogens is 3. The van der Waals surface area contributed by atoms with E-state index in [1.54, 1.807) is 36.1 Å². The topological polar surface area (TPSA) is 86.8 Å². The normalized spacial score (nSPS) is 20.0. The van der Waals surface area contributed by atoms with Crippen LogP contribution in [0.2, 0.25) is 0 Å². The maximum Gasteiger partial charge on any atom is 0.220 e. The average molecular weight is 328 g/mol. The van der Waals surface area contributed by atoms with Gasteiger partial charge in [-0.1, -0.05) is 18.2 Å². The fourth-order valence-electron chi connectivity index (χ4n) is 2.98. The van der Waals surface area contributed by atoms with Gasteiger partial charge in [0.2, 0.25) is 5.91 Å². The third-order valence-corrected chi connectivity index (χ3v) is 4.18. The molecule has 0 unspecified atom stereocenters. The summed E-state index contributed by atoms with van der Waals surface area (Å²) < 4.78 is 15.6. The molecule has 7 nitrogen and oxygen atoms in total. The van der Waals surface area contributed by atoms with E-state index in [9.17, 15) is 14.4 Å². The van der Waals surface area contributed by atoms with Crippen LogP contribution in [0.4, 0.5) is 10.1 Å². The maximum absolute atomic E-state index is 13.9. The molecule has 124 valence electrons. The van der Waals surface area contributed by atoms with Gasteiger partial charge in [-0.25, -0.2) is 9.07 Å². The van der Waals surface area contributed by atoms with Gasteiger partial charge in [-0.2, -0.15) is 5.26 Å². The van der Waals surface area contributed by atoms with Crippen LogP contribution in [0.5, 0.6) is 0 Å². The molecule has 1 fully saturated rings. The number of carbonyl (C=O) groups excluding carboxylic acids is 1. The van der Waals surface area contributed by atoms with Crippen molar-refractivity contribution in [3.63, 3.8) is 0 Å². The zero-order chi connectivity index (χ0) is 17.1. The summed E-state index contributed by atoms with van der Waals surface area (Å²) in [6, 6.07) is 6.13. The number of benzene rings is 1. The number of hydrogen-bond donors (Lipinski definition) is 1. The number of anilines is 1. The Morgan fingerprint density at radius 3 is 3.00 bits per heavy atom. The standard InChI is InChI=1S/C16H17FN6O/c1-2-16(24)20-13-9-22(10-15(13)23-7-6-19-21-23)14-5-3-4-12(17)11(14)8-18/h3-7,13,15H,2,9-10H2,1H3,(H,20,24)/t13-,15+/m1/s1. The van der Waals surface area contributed by atoms with Crippen molar-refractivity contribution >= 4 is 11.6 Å². The van der Waals surface area contributed by atoms with Crippen molar-refractivity contribution in [2.24, 2.45) is 0 Å². The Balaban J connectivity index is 1.91. The first-order valence-corrected chi connectivity index (χ1v) is 7.72. The van der Waals surface area contributed by atoms with Crippen molar-refractivity contribution in [1.29, 1.82) is 5.26 Å². The Morgan fingerprint density at radius 2 is 2.33 bits per heavy atom. The van der Waals surface area contributed by atoms with Crippen LogP contribution >= 0.6 is 0 Å². The third-order valence-electron chi connectivity index (χ3n) is 4.18. The van der Waals surface area contributed by atoms with Gasteiger partial charge in [-0.15, -0.1) is 5.10 Å². The Morgan fingerprint density at radius 1 is 1.50 bits per heavy atom. The van der Waals surface area contributed by atoms with E-state index >= 15 is 0 Å². The summed E-state index contributed by atoms with van der Waals surface area (Å²) >= 11 is 0. The highest BCUT2D eigenvalue weighted by Crippen LogP contribution is 2.30. The van der Waals surface area contributed by atoms with Crippen molar-refractivity contribution < 1.29 is 9.18 Å². The second-order valence-electron chi connectivity index (χ2n) is 5.63. The molecular formula is C16H17FN6O. The monoisotopic (exact) mass is 328 g/mol. The lowest BCUT2D eigenvalue weighted by molar-refractivity contribution is -0.121. The largest absolute Gasteiger partial charge is 0.366 e. The molecule has 1 N–H and O–H groups in total. The summed E-state index contributed by atoms with van der Waals surface area (Å²) in [7, 11) is 0. The summed E-state index contributed by atoms with van der Waals surface area (Å²) in [5.74, 6) is -0.611. The van der Waals surface area contributed by atoms with Crippen LogP contribution in [-0.4, -0.2) is 40.0 Å². The van der Waals surface area contributed by atoms with E-state index in [-0.39, 0.29) is 23.6 Å². The Bertz CT molecular complexity index is 769. The van der Waals surface area contributed by atoms with Crippen LogP contribution in [-0.2, 0) is 4.79 Å². The van der Waals surface area contributed by atoms with Crippen LogP contribution in [0.1, 0.15) is 24.9 Å². The van der Waals surface area contributed by atoms with Gasteiger partial charge in [-0.3, -0.25) is 4.79 Å². The molecule has 2 aromatic rings. The number of carbonyl (C=O) groups is 1. The molecular weight excluding hydrogens is 311 g/mol. The van der Waals surface area contributed by atoms with Crippen LogP contribution in [0.25, 0.3) is 0 Å². The number of rotatable bonds is 4. The van der Waals surface area contributed by atoms with Crippen molar-refractivity contribution in [2.75, 3.05) is 18.0 Å². The summed E-state index contributed by atoms with van der Waals surface area (Å²) in [6.45, 7) is 2.75. The highest BCUT2D eigenvalue weighted by Gasteiger charge is 2.36. The SMILES string of the molecule is CCC(=O)N[C@@H]1CN(c2cccc(F)c2C#N)C[C@@H]1n1ccnn1. The lowest BCUT2D eigenvalue weighted by Crippen LogP contribution is -2.41. The van der Waals surface area contributed by atoms with Crippen molar-refractivity contribution in [2.45, 2.75) is 25.4 Å². The number of nitrogens with zero attached hydrogens (tertiary/aromatic N) is 5. The smallest absolute Gasteiger partial charge is 0.220 e. The van der Waals surface area contributed by atoms with Gasteiger partial charge in [-0.05, 0) is 12.1 Å². The van der Waals surface area contributed by atoms with Gasteiger partial charge in [0.05, 0.1) is 24.0 Å². The summed E-state index contributed by atoms with van der Waals surface area (Å²) in [5, 5.41) is 20.1. The van der Waals surface area contributed by atoms with Gasteiger partial charge in [0, 0.05) is 25.7 Å². The molecule has 1 aromatic carbocycles. The molecule has 0 saturated carbocycles. The minimum atomic E-state index is -0.548. The number of nitrogens with one attached hydrogen (secondary N) is 1. The first-order chi connectivity index (χ1) is 11.6. The molecule has 2 heterocycles.